The van der Waals surface area contributed by atoms with Crippen LogP contribution >= 0.6 is 11.6 Å². The molecule has 4 heteroatoms. The average Bonchev–Trinajstić information content (AvgIpc) is 2.39. The first-order chi connectivity index (χ1) is 9.17. The summed E-state index contributed by atoms with van der Waals surface area (Å²) in [5.74, 6) is -0.357. The molecule has 1 N–H and O–H groups in total. The fourth-order valence-electron chi connectivity index (χ4n) is 3.03. The van der Waals surface area contributed by atoms with Crippen molar-refractivity contribution in [2.24, 2.45) is 0 Å². The van der Waals surface area contributed by atoms with Gasteiger partial charge in [0.15, 0.2) is 0 Å². The molecule has 1 spiro atoms. The van der Waals surface area contributed by atoms with Gasteiger partial charge in [-0.2, -0.15) is 0 Å². The van der Waals surface area contributed by atoms with Crippen LogP contribution in [0.15, 0.2) is 18.2 Å². The zero-order valence-electron chi connectivity index (χ0n) is 10.9. The number of hydrogen-bond acceptors (Lipinski definition) is 2. The molecule has 2 aliphatic rings. The van der Waals surface area contributed by atoms with Gasteiger partial charge >= 0.3 is 0 Å². The van der Waals surface area contributed by atoms with Gasteiger partial charge in [-0.15, -0.1) is 0 Å². The number of nitrogens with one attached hydrogen (secondary N) is 1. The van der Waals surface area contributed by atoms with E-state index in [1.54, 1.807) is 12.1 Å². The smallest absolute Gasteiger partial charge is 0.141 e. The molecular weight excluding hydrogens is 265 g/mol. The predicted molar refractivity (Wildman–Crippen MR) is 73.8 cm³/mol. The molecule has 0 amide bonds. The Bertz CT molecular complexity index is 461. The lowest BCUT2D eigenvalue weighted by Crippen LogP contribution is -2.50. The van der Waals surface area contributed by atoms with E-state index < -0.39 is 0 Å². The lowest BCUT2D eigenvalue weighted by molar-refractivity contribution is -0.135. The summed E-state index contributed by atoms with van der Waals surface area (Å²) in [6, 6.07) is 5.41. The molecule has 1 saturated heterocycles. The third kappa shape index (κ3) is 2.93. The first kappa shape index (κ1) is 13.3. The Hall–Kier alpha value is -0.640. The van der Waals surface area contributed by atoms with Gasteiger partial charge in [0.05, 0.1) is 10.6 Å². The van der Waals surface area contributed by atoms with E-state index in [0.29, 0.717) is 6.04 Å². The van der Waals surface area contributed by atoms with Crippen molar-refractivity contribution < 1.29 is 9.13 Å². The van der Waals surface area contributed by atoms with Crippen LogP contribution in [0.1, 0.15) is 37.7 Å². The molecule has 19 heavy (non-hydrogen) atoms. The van der Waals surface area contributed by atoms with E-state index in [1.807, 2.05) is 0 Å². The zero-order chi connectivity index (χ0) is 13.3. The van der Waals surface area contributed by atoms with Gasteiger partial charge < -0.3 is 10.1 Å². The second kappa shape index (κ2) is 5.39. The van der Waals surface area contributed by atoms with E-state index in [0.717, 1.165) is 31.6 Å². The minimum Gasteiger partial charge on any atom is -0.375 e. The molecule has 104 valence electrons. The highest BCUT2D eigenvalue weighted by atomic mass is 35.5. The number of rotatable bonds is 3. The lowest BCUT2D eigenvalue weighted by Gasteiger charge is -2.47. The third-order valence-corrected chi connectivity index (χ3v) is 4.63. The van der Waals surface area contributed by atoms with Gasteiger partial charge in [0.2, 0.25) is 0 Å². The highest BCUT2D eigenvalue weighted by molar-refractivity contribution is 6.30. The molecule has 0 radical (unpaired) electrons. The molecule has 3 rings (SSSR count). The van der Waals surface area contributed by atoms with E-state index in [-0.39, 0.29) is 16.4 Å². The summed E-state index contributed by atoms with van der Waals surface area (Å²) >= 11 is 5.79. The van der Waals surface area contributed by atoms with E-state index >= 15 is 0 Å². The predicted octanol–water partition coefficient (Wildman–Crippen LogP) is 3.67. The Morgan fingerprint density at radius 1 is 1.42 bits per heavy atom. The quantitative estimate of drug-likeness (QED) is 0.914. The monoisotopic (exact) mass is 283 g/mol. The number of benzene rings is 1. The Morgan fingerprint density at radius 2 is 2.26 bits per heavy atom. The van der Waals surface area contributed by atoms with Crippen LogP contribution in [-0.2, 0) is 11.3 Å². The Labute approximate surface area is 118 Å². The van der Waals surface area contributed by atoms with Gasteiger partial charge in [-0.3, -0.25) is 0 Å². The Morgan fingerprint density at radius 3 is 2.95 bits per heavy atom. The van der Waals surface area contributed by atoms with Gasteiger partial charge in [0.1, 0.15) is 5.82 Å². The fraction of sp³-hybridized carbons (Fsp3) is 0.600. The molecule has 1 aliphatic carbocycles. The van der Waals surface area contributed by atoms with Crippen molar-refractivity contribution in [3.05, 3.63) is 34.6 Å². The normalized spacial score (nSPS) is 25.3. The van der Waals surface area contributed by atoms with Gasteiger partial charge in [-0.1, -0.05) is 17.7 Å². The second-order valence-electron chi connectivity index (χ2n) is 5.70. The minimum atomic E-state index is -0.357. The van der Waals surface area contributed by atoms with Crippen molar-refractivity contribution in [3.63, 3.8) is 0 Å². The van der Waals surface area contributed by atoms with E-state index in [1.165, 1.54) is 25.3 Å². The first-order valence-electron chi connectivity index (χ1n) is 6.98. The van der Waals surface area contributed by atoms with Gasteiger partial charge in [-0.25, -0.2) is 4.39 Å². The topological polar surface area (TPSA) is 21.3 Å². The Kier molecular flexibility index (Phi) is 3.79. The SMILES string of the molecule is Fc1ccc(CNC2CCOC3(CCC3)C2)cc1Cl. The molecule has 1 saturated carbocycles. The molecule has 1 aromatic carbocycles. The molecule has 0 bridgehead atoms. The van der Waals surface area contributed by atoms with Gasteiger partial charge in [-0.05, 0) is 49.8 Å². The molecule has 2 nitrogen and oxygen atoms in total. The summed E-state index contributed by atoms with van der Waals surface area (Å²) in [5.41, 5.74) is 1.19. The summed E-state index contributed by atoms with van der Waals surface area (Å²) in [4.78, 5) is 0. The second-order valence-corrected chi connectivity index (χ2v) is 6.11. The van der Waals surface area contributed by atoms with E-state index in [9.17, 15) is 4.39 Å². The van der Waals surface area contributed by atoms with Crippen molar-refractivity contribution >= 4 is 11.6 Å². The Balaban J connectivity index is 1.55. The zero-order valence-corrected chi connectivity index (χ0v) is 11.7. The minimum absolute atomic E-state index is 0.163. The van der Waals surface area contributed by atoms with Crippen LogP contribution in [0.5, 0.6) is 0 Å². The van der Waals surface area contributed by atoms with Crippen LogP contribution in [0.4, 0.5) is 4.39 Å². The van der Waals surface area contributed by atoms with Crippen LogP contribution in [0.25, 0.3) is 0 Å². The van der Waals surface area contributed by atoms with Crippen molar-refractivity contribution in [2.75, 3.05) is 6.61 Å². The van der Waals surface area contributed by atoms with Gasteiger partial charge in [0, 0.05) is 19.2 Å². The molecule has 0 aromatic heterocycles. The third-order valence-electron chi connectivity index (χ3n) is 4.34. The van der Waals surface area contributed by atoms with Crippen molar-refractivity contribution in [3.8, 4) is 0 Å². The molecule has 1 aromatic rings. The standard InChI is InChI=1S/C15H19ClFNO/c16-13-8-11(2-3-14(13)17)10-18-12-4-7-19-15(9-12)5-1-6-15/h2-3,8,12,18H,1,4-7,9-10H2. The maximum Gasteiger partial charge on any atom is 0.141 e. The fourth-order valence-corrected chi connectivity index (χ4v) is 3.24. The molecule has 1 heterocycles. The summed E-state index contributed by atoms with van der Waals surface area (Å²) in [7, 11) is 0. The number of ether oxygens (including phenoxy) is 1. The van der Waals surface area contributed by atoms with Crippen molar-refractivity contribution in [1.82, 2.24) is 5.32 Å². The van der Waals surface area contributed by atoms with Crippen LogP contribution in [0, 0.1) is 5.82 Å². The molecular formula is C15H19ClFNO. The van der Waals surface area contributed by atoms with E-state index in [2.05, 4.69) is 5.32 Å². The summed E-state index contributed by atoms with van der Waals surface area (Å²) in [6.07, 6.45) is 5.85. The highest BCUT2D eigenvalue weighted by Gasteiger charge is 2.42. The lowest BCUT2D eigenvalue weighted by atomic mass is 9.74. The summed E-state index contributed by atoms with van der Waals surface area (Å²) in [5, 5.41) is 3.74. The van der Waals surface area contributed by atoms with Crippen LogP contribution in [0.2, 0.25) is 5.02 Å². The number of halogens is 2. The van der Waals surface area contributed by atoms with Crippen molar-refractivity contribution in [1.29, 1.82) is 0 Å². The molecule has 1 atom stereocenters. The van der Waals surface area contributed by atoms with Crippen LogP contribution in [0.3, 0.4) is 0 Å². The van der Waals surface area contributed by atoms with E-state index in [4.69, 9.17) is 16.3 Å². The first-order valence-corrected chi connectivity index (χ1v) is 7.36. The summed E-state index contributed by atoms with van der Waals surface area (Å²) in [6.45, 7) is 1.59. The molecule has 2 fully saturated rings. The highest BCUT2D eigenvalue weighted by Crippen LogP contribution is 2.42. The average molecular weight is 284 g/mol. The molecule has 1 unspecified atom stereocenters. The maximum atomic E-state index is 13.1. The number of hydrogen-bond donors (Lipinski definition) is 1. The largest absolute Gasteiger partial charge is 0.375 e. The van der Waals surface area contributed by atoms with Gasteiger partial charge in [0.25, 0.3) is 0 Å². The molecule has 1 aliphatic heterocycles. The summed E-state index contributed by atoms with van der Waals surface area (Å²) < 4.78 is 19.0. The van der Waals surface area contributed by atoms with Crippen LogP contribution < -0.4 is 5.32 Å². The maximum absolute atomic E-state index is 13.1. The van der Waals surface area contributed by atoms with Crippen molar-refractivity contribution in [2.45, 2.75) is 50.3 Å². The van der Waals surface area contributed by atoms with Crippen LogP contribution in [-0.4, -0.2) is 18.2 Å².